The monoisotopic (exact) mass is 717 g/mol. The van der Waals surface area contributed by atoms with E-state index in [-0.39, 0.29) is 42.4 Å². The molecule has 1 aromatic carbocycles. The van der Waals surface area contributed by atoms with E-state index in [1.165, 1.54) is 14.2 Å². The molecule has 51 heavy (non-hydrogen) atoms. The van der Waals surface area contributed by atoms with Crippen LogP contribution in [0.3, 0.4) is 0 Å². The van der Waals surface area contributed by atoms with Crippen molar-refractivity contribution in [3.8, 4) is 0 Å². The van der Waals surface area contributed by atoms with Crippen LogP contribution in [-0.4, -0.2) is 121 Å². The Kier molecular flexibility index (Phi) is 17.0. The van der Waals surface area contributed by atoms with E-state index in [4.69, 9.17) is 9.47 Å². The van der Waals surface area contributed by atoms with E-state index in [1.807, 2.05) is 58.0 Å². The van der Waals surface area contributed by atoms with Gasteiger partial charge in [-0.25, -0.2) is 4.79 Å². The van der Waals surface area contributed by atoms with Gasteiger partial charge >= 0.3 is 5.97 Å². The van der Waals surface area contributed by atoms with Gasteiger partial charge in [-0.3, -0.25) is 19.2 Å². The Morgan fingerprint density at radius 2 is 1.65 bits per heavy atom. The van der Waals surface area contributed by atoms with Gasteiger partial charge in [-0.1, -0.05) is 71.4 Å². The Hall–Kier alpha value is -3.55. The van der Waals surface area contributed by atoms with Gasteiger partial charge in [0, 0.05) is 34.2 Å². The fourth-order valence-corrected chi connectivity index (χ4v) is 6.83. The fourth-order valence-electron chi connectivity index (χ4n) is 6.83. The van der Waals surface area contributed by atoms with Gasteiger partial charge in [-0.15, -0.1) is 0 Å². The maximum atomic E-state index is 14.1. The first-order valence-electron chi connectivity index (χ1n) is 18.1. The van der Waals surface area contributed by atoms with Crippen molar-refractivity contribution in [3.05, 3.63) is 35.9 Å². The second-order valence-electron chi connectivity index (χ2n) is 14.7. The molecule has 288 valence electrons. The van der Waals surface area contributed by atoms with Gasteiger partial charge in [-0.2, -0.15) is 0 Å². The van der Waals surface area contributed by atoms with Gasteiger partial charge in [0.15, 0.2) is 0 Å². The van der Waals surface area contributed by atoms with Crippen LogP contribution in [0, 0.1) is 17.8 Å². The summed E-state index contributed by atoms with van der Waals surface area (Å²) in [4.78, 5) is 70.0. The summed E-state index contributed by atoms with van der Waals surface area (Å²) in [7, 11) is 6.41. The lowest BCUT2D eigenvalue weighted by molar-refractivity contribution is -0.148. The number of likely N-dealkylation sites (tertiary alicyclic amines) is 1. The van der Waals surface area contributed by atoms with Gasteiger partial charge in [0.2, 0.25) is 23.6 Å². The molecule has 0 bridgehead atoms. The van der Waals surface area contributed by atoms with Crippen LogP contribution in [0.2, 0.25) is 0 Å². The number of rotatable bonds is 20. The maximum absolute atomic E-state index is 14.1. The van der Waals surface area contributed by atoms with E-state index in [0.29, 0.717) is 25.8 Å². The molecular formula is C38H63N5O8. The first kappa shape index (κ1) is 43.6. The first-order chi connectivity index (χ1) is 23.9. The lowest BCUT2D eigenvalue weighted by Crippen LogP contribution is -2.61. The third kappa shape index (κ3) is 11.5. The number of benzene rings is 1. The molecule has 0 spiro atoms. The van der Waals surface area contributed by atoms with Crippen molar-refractivity contribution < 1.29 is 38.6 Å². The van der Waals surface area contributed by atoms with Crippen molar-refractivity contribution in [2.75, 3.05) is 34.9 Å². The van der Waals surface area contributed by atoms with Gasteiger partial charge in [-0.05, 0) is 51.1 Å². The zero-order valence-electron chi connectivity index (χ0n) is 32.5. The van der Waals surface area contributed by atoms with Gasteiger partial charge in [0.05, 0.1) is 42.2 Å². The van der Waals surface area contributed by atoms with E-state index in [1.54, 1.807) is 44.7 Å². The van der Waals surface area contributed by atoms with Gasteiger partial charge < -0.3 is 40.3 Å². The summed E-state index contributed by atoms with van der Waals surface area (Å²) in [5.74, 6) is -3.36. The second kappa shape index (κ2) is 19.9. The summed E-state index contributed by atoms with van der Waals surface area (Å²) in [6.07, 6.45) is 0.809. The van der Waals surface area contributed by atoms with Crippen LogP contribution in [0.1, 0.15) is 79.7 Å². The van der Waals surface area contributed by atoms with Crippen molar-refractivity contribution in [1.29, 1.82) is 0 Å². The molecule has 4 amide bonds. The SMILES string of the molecule is CC[C@H](C)[C@@H]([C@@H](CC(=O)N1CCC[C@H]1[C@H](OC)C(C)C(=O)N[C@H](Cc1ccccc1)C(=O)O)OC)N(C)C(=O)[C@@H](NC(=O)C(C)(C)NC)C(C)C. The number of amides is 4. The molecule has 1 aromatic rings. The molecule has 1 saturated heterocycles. The third-order valence-corrected chi connectivity index (χ3v) is 10.6. The van der Waals surface area contributed by atoms with E-state index in [0.717, 1.165) is 5.56 Å². The zero-order valence-corrected chi connectivity index (χ0v) is 32.5. The molecule has 0 radical (unpaired) electrons. The minimum Gasteiger partial charge on any atom is -0.480 e. The Bertz CT molecular complexity index is 1310. The molecule has 0 saturated carbocycles. The number of nitrogens with zero attached hydrogens (tertiary/aromatic N) is 2. The van der Waals surface area contributed by atoms with E-state index in [2.05, 4.69) is 16.0 Å². The molecule has 2 rings (SSSR count). The van der Waals surface area contributed by atoms with E-state index in [9.17, 15) is 29.1 Å². The minimum atomic E-state index is -1.14. The summed E-state index contributed by atoms with van der Waals surface area (Å²) in [6.45, 7) is 13.4. The number of nitrogens with one attached hydrogen (secondary N) is 3. The number of carbonyl (C=O) groups excluding carboxylic acids is 4. The van der Waals surface area contributed by atoms with Crippen molar-refractivity contribution in [1.82, 2.24) is 25.8 Å². The Labute approximate surface area is 304 Å². The topological polar surface area (TPSA) is 167 Å². The Morgan fingerprint density at radius 3 is 2.16 bits per heavy atom. The highest BCUT2D eigenvalue weighted by atomic mass is 16.5. The van der Waals surface area contributed by atoms with Crippen LogP contribution in [0.4, 0.5) is 0 Å². The largest absolute Gasteiger partial charge is 0.480 e. The zero-order chi connectivity index (χ0) is 38.6. The number of carbonyl (C=O) groups is 5. The number of hydrogen-bond acceptors (Lipinski definition) is 8. The first-order valence-corrected chi connectivity index (χ1v) is 18.1. The second-order valence-corrected chi connectivity index (χ2v) is 14.7. The molecule has 0 aromatic heterocycles. The number of carboxylic acid groups (broad SMARTS) is 1. The van der Waals surface area contributed by atoms with Crippen LogP contribution in [0.15, 0.2) is 30.3 Å². The molecule has 0 aliphatic carbocycles. The highest BCUT2D eigenvalue weighted by Gasteiger charge is 2.43. The summed E-state index contributed by atoms with van der Waals surface area (Å²) in [6, 6.07) is 6.27. The number of likely N-dealkylation sites (N-methyl/N-ethyl adjacent to an activating group) is 2. The molecule has 8 atom stereocenters. The molecule has 1 aliphatic rings. The van der Waals surface area contributed by atoms with Crippen molar-refractivity contribution in [2.45, 2.75) is 122 Å². The molecule has 4 N–H and O–H groups in total. The lowest BCUT2D eigenvalue weighted by Gasteiger charge is -2.41. The molecule has 1 unspecified atom stereocenters. The molecular weight excluding hydrogens is 654 g/mol. The predicted molar refractivity (Wildman–Crippen MR) is 196 cm³/mol. The van der Waals surface area contributed by atoms with E-state index >= 15 is 0 Å². The lowest BCUT2D eigenvalue weighted by atomic mass is 9.89. The van der Waals surface area contributed by atoms with Crippen molar-refractivity contribution >= 4 is 29.6 Å². The average Bonchev–Trinajstić information content (AvgIpc) is 3.59. The van der Waals surface area contributed by atoms with Crippen molar-refractivity contribution in [3.63, 3.8) is 0 Å². The molecule has 13 nitrogen and oxygen atoms in total. The molecule has 13 heteroatoms. The Morgan fingerprint density at radius 1 is 1.02 bits per heavy atom. The molecule has 1 aliphatic heterocycles. The number of aliphatic carboxylic acids is 1. The standard InChI is InChI=1S/C38H63N5O8/c1-12-24(4)32(42(9)35(46)31(23(2)3)41-37(49)38(6,7)39-8)29(50-10)22-30(44)43-20-16-19-28(43)33(51-11)25(5)34(45)40-27(36(47)48)21-26-17-14-13-15-18-26/h13-15,17-18,23-25,27-29,31-33,39H,12,16,19-22H2,1-11H3,(H,40,45)(H,41,49)(H,47,48)/t24-,25?,27+,28-,29+,31-,32-,33+/m0/s1. The summed E-state index contributed by atoms with van der Waals surface area (Å²) >= 11 is 0. The minimum absolute atomic E-state index is 0.0136. The van der Waals surface area contributed by atoms with Gasteiger partial charge in [0.25, 0.3) is 0 Å². The van der Waals surface area contributed by atoms with Crippen LogP contribution in [-0.2, 0) is 39.9 Å². The summed E-state index contributed by atoms with van der Waals surface area (Å²) < 4.78 is 11.8. The maximum Gasteiger partial charge on any atom is 0.326 e. The number of carboxylic acids is 1. The number of ether oxygens (including phenoxy) is 2. The van der Waals surface area contributed by atoms with Crippen molar-refractivity contribution in [2.24, 2.45) is 17.8 Å². The highest BCUT2D eigenvalue weighted by Crippen LogP contribution is 2.30. The number of hydrogen-bond donors (Lipinski definition) is 4. The Balaban J connectivity index is 2.26. The molecule has 1 fully saturated rings. The van der Waals surface area contributed by atoms with Crippen LogP contribution < -0.4 is 16.0 Å². The quantitative estimate of drug-likeness (QED) is 0.159. The number of methoxy groups -OCH3 is 2. The van der Waals surface area contributed by atoms with Crippen LogP contribution in [0.25, 0.3) is 0 Å². The van der Waals surface area contributed by atoms with E-state index < -0.39 is 59.7 Å². The van der Waals surface area contributed by atoms with Crippen LogP contribution >= 0.6 is 0 Å². The third-order valence-electron chi connectivity index (χ3n) is 10.6. The predicted octanol–water partition coefficient (Wildman–Crippen LogP) is 2.86. The normalized spacial score (nSPS) is 19.0. The summed E-state index contributed by atoms with van der Waals surface area (Å²) in [5.41, 5.74) is -0.0968. The summed E-state index contributed by atoms with van der Waals surface area (Å²) in [5, 5.41) is 18.4. The smallest absolute Gasteiger partial charge is 0.326 e. The van der Waals surface area contributed by atoms with Gasteiger partial charge in [0.1, 0.15) is 12.1 Å². The fraction of sp³-hybridized carbons (Fsp3) is 0.711. The van der Waals surface area contributed by atoms with Crippen LogP contribution in [0.5, 0.6) is 0 Å². The highest BCUT2D eigenvalue weighted by molar-refractivity contribution is 5.92. The average molecular weight is 718 g/mol. The molecule has 1 heterocycles.